The molecule has 2 heterocycles. The molecular weight excluding hydrogens is 366 g/mol. The molecule has 1 aromatic heterocycles. The summed E-state index contributed by atoms with van der Waals surface area (Å²) in [6.07, 6.45) is 1.29. The molecule has 0 unspecified atom stereocenters. The fraction of sp³-hybridized carbons (Fsp3) is 0.368. The van der Waals surface area contributed by atoms with Crippen LogP contribution in [0.15, 0.2) is 47.5 Å². The molecular formula is C19H23N3O4S. The maximum atomic E-state index is 12.9. The molecule has 1 saturated heterocycles. The molecule has 0 saturated carbocycles. The van der Waals surface area contributed by atoms with Gasteiger partial charge in [0.15, 0.2) is 0 Å². The number of morpholine rings is 1. The summed E-state index contributed by atoms with van der Waals surface area (Å²) < 4.78 is 32.7. The van der Waals surface area contributed by atoms with E-state index in [-0.39, 0.29) is 23.0 Å². The number of amides is 1. The Morgan fingerprint density at radius 3 is 2.37 bits per heavy atom. The van der Waals surface area contributed by atoms with Crippen molar-refractivity contribution in [3.05, 3.63) is 53.7 Å². The third-order valence-electron chi connectivity index (χ3n) is 4.38. The molecule has 0 bridgehead atoms. The standard InChI is InChI=1S/C19H23N3O4S/c1-13-5-4-10-20-18(13)21-19(23)16-6-8-17(9-7-16)27(24,25)22-11-14(2)26-15(3)12-22/h4-10,14-15H,11-12H2,1-3H3,(H,20,21,23)/t14-,15+. The van der Waals surface area contributed by atoms with Crippen molar-refractivity contribution in [1.82, 2.24) is 9.29 Å². The number of nitrogens with zero attached hydrogens (tertiary/aromatic N) is 2. The summed E-state index contributed by atoms with van der Waals surface area (Å²) in [6.45, 7) is 6.18. The van der Waals surface area contributed by atoms with E-state index in [4.69, 9.17) is 4.74 Å². The van der Waals surface area contributed by atoms with Crippen molar-refractivity contribution in [2.45, 2.75) is 37.9 Å². The Morgan fingerprint density at radius 2 is 1.78 bits per heavy atom. The average Bonchev–Trinajstić information content (AvgIpc) is 2.63. The number of aromatic nitrogens is 1. The van der Waals surface area contributed by atoms with Crippen LogP contribution in [-0.2, 0) is 14.8 Å². The van der Waals surface area contributed by atoms with Crippen LogP contribution in [0.4, 0.5) is 5.82 Å². The van der Waals surface area contributed by atoms with E-state index in [2.05, 4.69) is 10.3 Å². The summed E-state index contributed by atoms with van der Waals surface area (Å²) in [5.41, 5.74) is 1.21. The number of nitrogens with one attached hydrogen (secondary N) is 1. The summed E-state index contributed by atoms with van der Waals surface area (Å²) in [6, 6.07) is 9.57. The molecule has 144 valence electrons. The average molecular weight is 389 g/mol. The van der Waals surface area contributed by atoms with E-state index in [1.807, 2.05) is 26.8 Å². The quantitative estimate of drug-likeness (QED) is 0.868. The van der Waals surface area contributed by atoms with Crippen molar-refractivity contribution in [2.24, 2.45) is 0 Å². The number of rotatable bonds is 4. The zero-order valence-corrected chi connectivity index (χ0v) is 16.4. The fourth-order valence-corrected chi connectivity index (χ4v) is 4.64. The minimum atomic E-state index is -3.63. The van der Waals surface area contributed by atoms with Gasteiger partial charge < -0.3 is 10.1 Å². The van der Waals surface area contributed by atoms with Gasteiger partial charge in [0.1, 0.15) is 5.82 Å². The van der Waals surface area contributed by atoms with Crippen molar-refractivity contribution in [2.75, 3.05) is 18.4 Å². The van der Waals surface area contributed by atoms with E-state index in [1.54, 1.807) is 12.3 Å². The van der Waals surface area contributed by atoms with Crippen LogP contribution in [0.25, 0.3) is 0 Å². The molecule has 2 atom stereocenters. The molecule has 27 heavy (non-hydrogen) atoms. The minimum absolute atomic E-state index is 0.157. The Kier molecular flexibility index (Phi) is 5.59. The highest BCUT2D eigenvalue weighted by atomic mass is 32.2. The number of benzene rings is 1. The second-order valence-electron chi connectivity index (χ2n) is 6.73. The topological polar surface area (TPSA) is 88.6 Å². The molecule has 2 aromatic rings. The zero-order valence-electron chi connectivity index (χ0n) is 15.5. The first-order valence-corrected chi connectivity index (χ1v) is 10.2. The predicted molar refractivity (Wildman–Crippen MR) is 102 cm³/mol. The Labute approximate surface area is 159 Å². The smallest absolute Gasteiger partial charge is 0.256 e. The molecule has 3 rings (SSSR count). The van der Waals surface area contributed by atoms with E-state index >= 15 is 0 Å². The third kappa shape index (κ3) is 4.35. The van der Waals surface area contributed by atoms with Gasteiger partial charge in [0, 0.05) is 24.8 Å². The minimum Gasteiger partial charge on any atom is -0.373 e. The van der Waals surface area contributed by atoms with Crippen LogP contribution in [-0.4, -0.2) is 48.9 Å². The van der Waals surface area contributed by atoms with Crippen LogP contribution < -0.4 is 5.32 Å². The van der Waals surface area contributed by atoms with Gasteiger partial charge in [-0.05, 0) is 56.7 Å². The lowest BCUT2D eigenvalue weighted by Gasteiger charge is -2.34. The molecule has 0 radical (unpaired) electrons. The van der Waals surface area contributed by atoms with E-state index in [1.165, 1.54) is 28.6 Å². The van der Waals surface area contributed by atoms with Gasteiger partial charge in [-0.25, -0.2) is 13.4 Å². The molecule has 1 aliphatic heterocycles. The number of hydrogen-bond donors (Lipinski definition) is 1. The number of aryl methyl sites for hydroxylation is 1. The van der Waals surface area contributed by atoms with Crippen LogP contribution in [0.5, 0.6) is 0 Å². The summed E-state index contributed by atoms with van der Waals surface area (Å²) in [4.78, 5) is 16.7. The highest BCUT2D eigenvalue weighted by Crippen LogP contribution is 2.22. The second-order valence-corrected chi connectivity index (χ2v) is 8.66. The summed E-state index contributed by atoms with van der Waals surface area (Å²) in [5.74, 6) is 0.143. The largest absolute Gasteiger partial charge is 0.373 e. The van der Waals surface area contributed by atoms with E-state index in [0.29, 0.717) is 24.5 Å². The van der Waals surface area contributed by atoms with Gasteiger partial charge in [0.25, 0.3) is 5.91 Å². The number of hydrogen-bond acceptors (Lipinski definition) is 5. The first kappa shape index (κ1) is 19.5. The van der Waals surface area contributed by atoms with E-state index in [9.17, 15) is 13.2 Å². The Morgan fingerprint density at radius 1 is 1.15 bits per heavy atom. The SMILES string of the molecule is Cc1cccnc1NC(=O)c1ccc(S(=O)(=O)N2C[C@@H](C)O[C@@H](C)C2)cc1. The van der Waals surface area contributed by atoms with Crippen molar-refractivity contribution < 1.29 is 17.9 Å². The number of pyridine rings is 1. The van der Waals surface area contributed by atoms with Gasteiger partial charge in [-0.15, -0.1) is 0 Å². The van der Waals surface area contributed by atoms with Crippen LogP contribution in [0.1, 0.15) is 29.8 Å². The van der Waals surface area contributed by atoms with Crippen LogP contribution in [0.2, 0.25) is 0 Å². The number of sulfonamides is 1. The number of anilines is 1. The Hall–Kier alpha value is -2.29. The normalized spacial score (nSPS) is 21.0. The molecule has 7 nitrogen and oxygen atoms in total. The molecule has 1 N–H and O–H groups in total. The van der Waals surface area contributed by atoms with Crippen LogP contribution in [0.3, 0.4) is 0 Å². The fourth-order valence-electron chi connectivity index (χ4n) is 3.05. The lowest BCUT2D eigenvalue weighted by molar-refractivity contribution is -0.0440. The molecule has 1 aromatic carbocycles. The molecule has 1 amide bonds. The molecule has 0 spiro atoms. The molecule has 0 aliphatic carbocycles. The number of carbonyl (C=O) groups is 1. The highest BCUT2D eigenvalue weighted by molar-refractivity contribution is 7.89. The Balaban J connectivity index is 1.76. The maximum absolute atomic E-state index is 12.9. The molecule has 1 aliphatic rings. The highest BCUT2D eigenvalue weighted by Gasteiger charge is 2.32. The number of ether oxygens (including phenoxy) is 1. The van der Waals surface area contributed by atoms with E-state index < -0.39 is 10.0 Å². The van der Waals surface area contributed by atoms with Gasteiger partial charge in [0.2, 0.25) is 10.0 Å². The molecule has 1 fully saturated rings. The van der Waals surface area contributed by atoms with Gasteiger partial charge in [-0.1, -0.05) is 6.07 Å². The maximum Gasteiger partial charge on any atom is 0.256 e. The van der Waals surface area contributed by atoms with Crippen LogP contribution >= 0.6 is 0 Å². The lowest BCUT2D eigenvalue weighted by Crippen LogP contribution is -2.48. The van der Waals surface area contributed by atoms with Crippen molar-refractivity contribution in [1.29, 1.82) is 0 Å². The van der Waals surface area contributed by atoms with Crippen molar-refractivity contribution >= 4 is 21.7 Å². The lowest BCUT2D eigenvalue weighted by atomic mass is 10.2. The third-order valence-corrected chi connectivity index (χ3v) is 6.23. The van der Waals surface area contributed by atoms with Crippen molar-refractivity contribution in [3.63, 3.8) is 0 Å². The van der Waals surface area contributed by atoms with Crippen LogP contribution in [0, 0.1) is 6.92 Å². The molecule has 8 heteroatoms. The predicted octanol–water partition coefficient (Wildman–Crippen LogP) is 2.44. The summed E-state index contributed by atoms with van der Waals surface area (Å²) >= 11 is 0. The number of carbonyl (C=O) groups excluding carboxylic acids is 1. The van der Waals surface area contributed by atoms with Crippen molar-refractivity contribution in [3.8, 4) is 0 Å². The zero-order chi connectivity index (χ0) is 19.6. The monoisotopic (exact) mass is 389 g/mol. The first-order chi connectivity index (χ1) is 12.8. The first-order valence-electron chi connectivity index (χ1n) is 8.76. The summed E-state index contributed by atoms with van der Waals surface area (Å²) in [5, 5.41) is 2.73. The Bertz CT molecular complexity index is 918. The second kappa shape index (κ2) is 7.75. The van der Waals surface area contributed by atoms with Gasteiger partial charge in [0.05, 0.1) is 17.1 Å². The summed E-state index contributed by atoms with van der Waals surface area (Å²) in [7, 11) is -3.63. The van der Waals surface area contributed by atoms with Gasteiger partial charge in [-0.2, -0.15) is 4.31 Å². The van der Waals surface area contributed by atoms with Gasteiger partial charge in [-0.3, -0.25) is 4.79 Å². The van der Waals surface area contributed by atoms with E-state index in [0.717, 1.165) is 5.56 Å². The van der Waals surface area contributed by atoms with Gasteiger partial charge >= 0.3 is 0 Å².